The summed E-state index contributed by atoms with van der Waals surface area (Å²) in [5.74, 6) is -0.338. The van der Waals surface area contributed by atoms with E-state index in [0.717, 1.165) is 31.2 Å². The Kier molecular flexibility index (Phi) is 5.01. The minimum atomic E-state index is -3.51. The molecule has 0 aromatic heterocycles. The minimum absolute atomic E-state index is 0.0218. The summed E-state index contributed by atoms with van der Waals surface area (Å²) in [6.45, 7) is 0.112. The van der Waals surface area contributed by atoms with Gasteiger partial charge in [-0.05, 0) is 30.5 Å². The summed E-state index contributed by atoms with van der Waals surface area (Å²) < 4.78 is 41.6. The molecule has 0 amide bonds. The zero-order chi connectivity index (χ0) is 16.4. The van der Waals surface area contributed by atoms with Gasteiger partial charge in [0.2, 0.25) is 10.0 Å². The second kappa shape index (κ2) is 6.84. The first-order valence-corrected chi connectivity index (χ1v) is 9.64. The number of nitrogens with one attached hydrogen (secondary N) is 1. The van der Waals surface area contributed by atoms with E-state index < -0.39 is 21.3 Å². The van der Waals surface area contributed by atoms with Gasteiger partial charge in [-0.15, -0.1) is 0 Å². The van der Waals surface area contributed by atoms with Crippen LogP contribution in [0.4, 0.5) is 4.39 Å². The second-order valence-electron chi connectivity index (χ2n) is 6.37. The number of halogens is 1. The highest BCUT2D eigenvalue weighted by Gasteiger charge is 2.43. The first kappa shape index (κ1) is 16.8. The molecule has 2 fully saturated rings. The quantitative estimate of drug-likeness (QED) is 0.913. The molecule has 1 aliphatic carbocycles. The van der Waals surface area contributed by atoms with Gasteiger partial charge >= 0.3 is 0 Å². The summed E-state index contributed by atoms with van der Waals surface area (Å²) in [5.41, 5.74) is 0.741. The maximum Gasteiger partial charge on any atom is 0.219 e. The van der Waals surface area contributed by atoms with Crippen molar-refractivity contribution in [1.82, 2.24) is 9.79 Å². The molecule has 0 spiro atoms. The molecule has 5 nitrogen and oxygen atoms in total. The number of hydroxylamine groups is 2. The van der Waals surface area contributed by atoms with Crippen molar-refractivity contribution >= 4 is 10.0 Å². The molecule has 1 N–H and O–H groups in total. The number of hydrogen-bond acceptors (Lipinski definition) is 4. The Labute approximate surface area is 136 Å². The first-order valence-electron chi connectivity index (χ1n) is 8.10. The number of hydrogen-bond donors (Lipinski definition) is 1. The molecule has 1 aliphatic heterocycles. The van der Waals surface area contributed by atoms with E-state index in [2.05, 4.69) is 4.72 Å². The van der Waals surface area contributed by atoms with Crippen molar-refractivity contribution in [2.24, 2.45) is 0 Å². The summed E-state index contributed by atoms with van der Waals surface area (Å²) in [6.07, 6.45) is 5.09. The van der Waals surface area contributed by atoms with Gasteiger partial charge in [0.05, 0.1) is 12.6 Å². The molecule has 7 heteroatoms. The van der Waals surface area contributed by atoms with Gasteiger partial charge in [-0.3, -0.25) is 4.84 Å². The van der Waals surface area contributed by atoms with Gasteiger partial charge in [0.1, 0.15) is 11.1 Å². The van der Waals surface area contributed by atoms with Crippen LogP contribution in [0.3, 0.4) is 0 Å². The molecule has 1 heterocycles. The van der Waals surface area contributed by atoms with E-state index in [-0.39, 0.29) is 18.5 Å². The van der Waals surface area contributed by atoms with Crippen molar-refractivity contribution in [1.29, 1.82) is 0 Å². The topological polar surface area (TPSA) is 58.6 Å². The van der Waals surface area contributed by atoms with Crippen LogP contribution >= 0.6 is 0 Å². The molecule has 3 rings (SSSR count). The molecule has 1 saturated heterocycles. The van der Waals surface area contributed by atoms with Crippen LogP contribution < -0.4 is 4.72 Å². The predicted molar refractivity (Wildman–Crippen MR) is 85.6 cm³/mol. The fourth-order valence-corrected chi connectivity index (χ4v) is 5.26. The highest BCUT2D eigenvalue weighted by Crippen LogP contribution is 2.33. The molecule has 2 aliphatic rings. The Balaban J connectivity index is 1.80. The first-order chi connectivity index (χ1) is 11.0. The second-order valence-corrected chi connectivity index (χ2v) is 8.31. The molecule has 0 bridgehead atoms. The van der Waals surface area contributed by atoms with Crippen molar-refractivity contribution in [3.05, 3.63) is 35.6 Å². The highest BCUT2D eigenvalue weighted by molar-refractivity contribution is 7.90. The van der Waals surface area contributed by atoms with Crippen molar-refractivity contribution in [3.63, 3.8) is 0 Å². The molecular formula is C16H23FN2O3S. The van der Waals surface area contributed by atoms with E-state index in [4.69, 9.17) is 4.84 Å². The Hall–Kier alpha value is -1.02. The molecule has 2 unspecified atom stereocenters. The van der Waals surface area contributed by atoms with Gasteiger partial charge in [0.15, 0.2) is 0 Å². The zero-order valence-corrected chi connectivity index (χ0v) is 14.1. The molecule has 128 valence electrons. The SMILES string of the molecule is CN1OCC(S(=O)(=O)NC2CCCCC2)C1c1ccc(F)cc1. The smallest absolute Gasteiger partial charge is 0.219 e. The van der Waals surface area contributed by atoms with Crippen LogP contribution in [0, 0.1) is 5.82 Å². The van der Waals surface area contributed by atoms with Gasteiger partial charge in [0, 0.05) is 13.1 Å². The molecular weight excluding hydrogens is 319 g/mol. The lowest BCUT2D eigenvalue weighted by molar-refractivity contribution is -0.110. The average molecular weight is 342 g/mol. The van der Waals surface area contributed by atoms with Crippen LogP contribution in [0.2, 0.25) is 0 Å². The molecule has 0 radical (unpaired) electrons. The largest absolute Gasteiger partial charge is 0.297 e. The highest BCUT2D eigenvalue weighted by atomic mass is 32.2. The van der Waals surface area contributed by atoms with E-state index in [1.54, 1.807) is 24.2 Å². The van der Waals surface area contributed by atoms with Crippen molar-refractivity contribution < 1.29 is 17.6 Å². The number of benzene rings is 1. The van der Waals surface area contributed by atoms with Gasteiger partial charge < -0.3 is 0 Å². The maximum absolute atomic E-state index is 13.1. The number of nitrogens with zero attached hydrogens (tertiary/aromatic N) is 1. The summed E-state index contributed by atoms with van der Waals surface area (Å²) in [6, 6.07) is 5.52. The molecule has 23 heavy (non-hydrogen) atoms. The van der Waals surface area contributed by atoms with Crippen LogP contribution in [-0.2, 0) is 14.9 Å². The maximum atomic E-state index is 13.1. The standard InChI is InChI=1S/C16H23FN2O3S/c1-19-16(12-7-9-13(17)10-8-12)15(11-22-19)23(20,21)18-14-5-3-2-4-6-14/h7-10,14-16,18H,2-6,11H2,1H3. The monoisotopic (exact) mass is 342 g/mol. The van der Waals surface area contributed by atoms with Gasteiger partial charge in [-0.2, -0.15) is 5.06 Å². The van der Waals surface area contributed by atoms with Gasteiger partial charge in [-0.1, -0.05) is 31.4 Å². The van der Waals surface area contributed by atoms with Crippen molar-refractivity contribution in [2.75, 3.05) is 13.7 Å². The molecule has 1 aromatic rings. The van der Waals surface area contributed by atoms with Gasteiger partial charge in [0.25, 0.3) is 0 Å². The number of rotatable bonds is 4. The Morgan fingerprint density at radius 3 is 2.48 bits per heavy atom. The van der Waals surface area contributed by atoms with Crippen molar-refractivity contribution in [3.8, 4) is 0 Å². The Morgan fingerprint density at radius 1 is 1.17 bits per heavy atom. The summed E-state index contributed by atoms with van der Waals surface area (Å²) in [4.78, 5) is 5.46. The average Bonchev–Trinajstić information content (AvgIpc) is 2.91. The van der Waals surface area contributed by atoms with Crippen LogP contribution in [-0.4, -0.2) is 38.4 Å². The lowest BCUT2D eigenvalue weighted by atomic mass is 9.96. The van der Waals surface area contributed by atoms with Crippen LogP contribution in [0.25, 0.3) is 0 Å². The third kappa shape index (κ3) is 3.74. The third-order valence-corrected chi connectivity index (χ3v) is 6.59. The van der Waals surface area contributed by atoms with Gasteiger partial charge in [-0.25, -0.2) is 17.5 Å². The molecule has 2 atom stereocenters. The van der Waals surface area contributed by atoms with E-state index >= 15 is 0 Å². The zero-order valence-electron chi connectivity index (χ0n) is 13.2. The van der Waals surface area contributed by atoms with E-state index in [9.17, 15) is 12.8 Å². The van der Waals surface area contributed by atoms with E-state index in [1.807, 2.05) is 0 Å². The molecule has 1 saturated carbocycles. The minimum Gasteiger partial charge on any atom is -0.297 e. The van der Waals surface area contributed by atoms with Crippen LogP contribution in [0.15, 0.2) is 24.3 Å². The normalized spacial score (nSPS) is 27.4. The Bertz CT molecular complexity index is 629. The molecule has 1 aromatic carbocycles. The van der Waals surface area contributed by atoms with E-state index in [0.29, 0.717) is 0 Å². The van der Waals surface area contributed by atoms with Crippen LogP contribution in [0.5, 0.6) is 0 Å². The predicted octanol–water partition coefficient (Wildman–Crippen LogP) is 2.36. The van der Waals surface area contributed by atoms with E-state index in [1.165, 1.54) is 18.6 Å². The summed E-state index contributed by atoms with van der Waals surface area (Å²) in [5, 5.41) is 0.859. The fourth-order valence-electron chi connectivity index (χ4n) is 3.48. The lowest BCUT2D eigenvalue weighted by Gasteiger charge is -2.27. The number of sulfonamides is 1. The fraction of sp³-hybridized carbons (Fsp3) is 0.625. The summed E-state index contributed by atoms with van der Waals surface area (Å²) >= 11 is 0. The Morgan fingerprint density at radius 2 is 1.83 bits per heavy atom. The van der Waals surface area contributed by atoms with Crippen molar-refractivity contribution in [2.45, 2.75) is 49.4 Å². The third-order valence-electron chi connectivity index (χ3n) is 4.73. The summed E-state index contributed by atoms with van der Waals surface area (Å²) in [7, 11) is -1.80. The van der Waals surface area contributed by atoms with Crippen LogP contribution in [0.1, 0.15) is 43.7 Å². The lowest BCUT2D eigenvalue weighted by Crippen LogP contribution is -2.44.